The van der Waals surface area contributed by atoms with Crippen molar-refractivity contribution in [3.05, 3.63) is 11.1 Å². The molecule has 9 heavy (non-hydrogen) atoms. The molecule has 0 aromatic rings. The number of hydrogen-bond acceptors (Lipinski definition) is 3. The second-order valence-corrected chi connectivity index (χ2v) is 6.89. The lowest BCUT2D eigenvalue weighted by Gasteiger charge is -1.88. The Morgan fingerprint density at radius 2 is 2.56 bits per heavy atom. The molecule has 0 radical (unpaired) electrons. The van der Waals surface area contributed by atoms with Crippen LogP contribution in [0.5, 0.6) is 0 Å². The Hall–Kier alpha value is 0.510. The van der Waals surface area contributed by atoms with E-state index >= 15 is 0 Å². The molecule has 0 spiro atoms. The lowest BCUT2D eigenvalue weighted by molar-refractivity contribution is 0.265. The Morgan fingerprint density at radius 1 is 1.67 bits per heavy atom. The van der Waals surface area contributed by atoms with E-state index in [4.69, 9.17) is 0 Å². The average Bonchev–Trinajstić information content (AvgIpc) is 2.22. The Kier molecular flexibility index (Phi) is 1.58. The van der Waals surface area contributed by atoms with Crippen molar-refractivity contribution >= 4 is 49.1 Å². The monoisotopic (exact) mass is 271 g/mol. The first-order valence-electron chi connectivity index (χ1n) is 2.23. The lowest BCUT2D eigenvalue weighted by Crippen LogP contribution is -2.10. The summed E-state index contributed by atoms with van der Waals surface area (Å²) in [6.45, 7) is 0. The standard InChI is InChI=1S/C4H2INOS2/c7-4-5-3-2(6-4)1-8-9-3/h1H,(H,6,7). The van der Waals surface area contributed by atoms with Crippen LogP contribution >= 0.6 is 42.3 Å². The second kappa shape index (κ2) is 2.28. The van der Waals surface area contributed by atoms with Gasteiger partial charge in [-0.2, -0.15) is 0 Å². The van der Waals surface area contributed by atoms with Crippen LogP contribution in [0.1, 0.15) is 0 Å². The molecule has 0 saturated heterocycles. The molecule has 2 heterocycles. The van der Waals surface area contributed by atoms with E-state index in [-0.39, 0.29) is 24.6 Å². The summed E-state index contributed by atoms with van der Waals surface area (Å²) < 4.78 is 1.53. The molecule has 0 unspecified atom stereocenters. The zero-order valence-corrected chi connectivity index (χ0v) is 7.97. The molecule has 5 heteroatoms. The zero-order chi connectivity index (χ0) is 6.27. The highest BCUT2D eigenvalue weighted by atomic mass is 127. The van der Waals surface area contributed by atoms with Crippen molar-refractivity contribution < 1.29 is 4.79 Å². The Balaban J connectivity index is 2.41. The van der Waals surface area contributed by atoms with Gasteiger partial charge >= 0.3 is 0 Å². The van der Waals surface area contributed by atoms with Crippen LogP contribution in [0, 0.1) is 0 Å². The summed E-state index contributed by atoms with van der Waals surface area (Å²) in [6, 6.07) is 0. The fraction of sp³-hybridized carbons (Fsp3) is 0. The van der Waals surface area contributed by atoms with Gasteiger partial charge in [0, 0.05) is 5.41 Å². The molecule has 0 aromatic carbocycles. The maximum atomic E-state index is 10.7. The molecule has 0 atom stereocenters. The van der Waals surface area contributed by atoms with Crippen molar-refractivity contribution in [2.45, 2.75) is 0 Å². The van der Waals surface area contributed by atoms with Gasteiger partial charge in [0.25, 0.3) is 3.91 Å². The number of nitrogens with one attached hydrogen (secondary N) is 1. The summed E-state index contributed by atoms with van der Waals surface area (Å²) in [6.07, 6.45) is 0. The first-order chi connectivity index (χ1) is 4.36. The highest BCUT2D eigenvalue weighted by molar-refractivity contribution is 14.2. The first-order valence-corrected chi connectivity index (χ1v) is 6.60. The minimum atomic E-state index is -0.324. The van der Waals surface area contributed by atoms with E-state index in [0.717, 1.165) is 5.70 Å². The van der Waals surface area contributed by atoms with Gasteiger partial charge in [0.1, 0.15) is 0 Å². The van der Waals surface area contributed by atoms with Gasteiger partial charge in [0.15, 0.2) is 0 Å². The predicted molar refractivity (Wildman–Crippen MR) is 50.8 cm³/mol. The van der Waals surface area contributed by atoms with Crippen LogP contribution in [0.25, 0.3) is 0 Å². The molecule has 1 amide bonds. The fourth-order valence-electron chi connectivity index (χ4n) is 0.558. The van der Waals surface area contributed by atoms with Crippen LogP contribution in [-0.4, -0.2) is 6.75 Å². The summed E-state index contributed by atoms with van der Waals surface area (Å²) >= 11 is -0.324. The predicted octanol–water partition coefficient (Wildman–Crippen LogP) is 2.05. The van der Waals surface area contributed by atoms with Gasteiger partial charge in [-0.15, -0.1) is 0 Å². The van der Waals surface area contributed by atoms with Gasteiger partial charge in [0.05, 0.1) is 8.54 Å². The molecule has 2 nitrogen and oxygen atoms in total. The summed E-state index contributed by atoms with van der Waals surface area (Å²) in [7, 11) is 3.42. The van der Waals surface area contributed by atoms with E-state index in [2.05, 4.69) is 5.32 Å². The molecule has 2 aliphatic rings. The number of carbonyl (C=O) groups excluding carboxylic acids is 1. The largest absolute Gasteiger partial charge is 0.316 e. The summed E-state index contributed by atoms with van der Waals surface area (Å²) in [5.41, 5.74) is 1.07. The number of amides is 1. The summed E-state index contributed by atoms with van der Waals surface area (Å²) in [5.74, 6) is 0. The number of hydrogen-bond donors (Lipinski definition) is 1. The number of fused-ring (bicyclic) bond motifs is 1. The van der Waals surface area contributed by atoms with E-state index in [1.807, 2.05) is 5.41 Å². The third-order valence-corrected chi connectivity index (χ3v) is 6.68. The SMILES string of the molecule is O=C1NC2=CSSC2=I1. The zero-order valence-electron chi connectivity index (χ0n) is 4.18. The van der Waals surface area contributed by atoms with Crippen molar-refractivity contribution in [2.24, 2.45) is 0 Å². The molecule has 0 bridgehead atoms. The van der Waals surface area contributed by atoms with Gasteiger partial charge in [-0.25, -0.2) is 0 Å². The van der Waals surface area contributed by atoms with Gasteiger partial charge in [-0.3, -0.25) is 4.79 Å². The molecule has 0 aromatic heterocycles. The van der Waals surface area contributed by atoms with Crippen LogP contribution < -0.4 is 5.32 Å². The first kappa shape index (κ1) is 6.23. The molecule has 1 N–H and O–H groups in total. The maximum absolute atomic E-state index is 10.7. The number of halogens is 1. The number of rotatable bonds is 0. The van der Waals surface area contributed by atoms with Gasteiger partial charge in [-0.1, -0.05) is 10.8 Å². The van der Waals surface area contributed by atoms with Crippen LogP contribution in [0.2, 0.25) is 0 Å². The molecule has 48 valence electrons. The average molecular weight is 271 g/mol. The minimum absolute atomic E-state index is 0.239. The van der Waals surface area contributed by atoms with E-state index in [0.29, 0.717) is 0 Å². The van der Waals surface area contributed by atoms with E-state index in [1.165, 1.54) is 2.84 Å². The second-order valence-electron chi connectivity index (χ2n) is 1.48. The van der Waals surface area contributed by atoms with Crippen molar-refractivity contribution in [3.8, 4) is 0 Å². The van der Waals surface area contributed by atoms with Gasteiger partial charge in [-0.05, 0) is 31.5 Å². The van der Waals surface area contributed by atoms with Crippen LogP contribution in [0.15, 0.2) is 11.1 Å². The Morgan fingerprint density at radius 3 is 3.33 bits per heavy atom. The normalized spacial score (nSPS) is 23.8. The molecule has 0 saturated carbocycles. The van der Waals surface area contributed by atoms with E-state index < -0.39 is 0 Å². The molecule has 2 rings (SSSR count). The highest BCUT2D eigenvalue weighted by Gasteiger charge is 2.22. The van der Waals surface area contributed by atoms with Crippen molar-refractivity contribution in [2.75, 3.05) is 0 Å². The highest BCUT2D eigenvalue weighted by Crippen LogP contribution is 2.41. The summed E-state index contributed by atoms with van der Waals surface area (Å²) in [5, 5.41) is 4.81. The van der Waals surface area contributed by atoms with Crippen molar-refractivity contribution in [1.29, 1.82) is 0 Å². The molecular weight excluding hydrogens is 269 g/mol. The smallest absolute Gasteiger partial charge is 0.280 e. The fourth-order valence-corrected chi connectivity index (χ4v) is 6.20. The lowest BCUT2D eigenvalue weighted by atomic mass is 10.6. The topological polar surface area (TPSA) is 29.1 Å². The van der Waals surface area contributed by atoms with E-state index in [9.17, 15) is 4.79 Å². The third kappa shape index (κ3) is 1.05. The maximum Gasteiger partial charge on any atom is 0.280 e. The van der Waals surface area contributed by atoms with E-state index in [1.54, 1.807) is 21.6 Å². The van der Waals surface area contributed by atoms with Crippen LogP contribution in [-0.2, 0) is 0 Å². The molecule has 2 aliphatic heterocycles. The van der Waals surface area contributed by atoms with Gasteiger partial charge in [0.2, 0.25) is 0 Å². The molecule has 0 aliphatic carbocycles. The Labute approximate surface area is 70.0 Å². The Bertz CT molecular complexity index is 235. The number of carbonyl (C=O) groups is 1. The molecular formula is C4H2INOS2. The molecule has 0 fully saturated rings. The van der Waals surface area contributed by atoms with Gasteiger partial charge < -0.3 is 5.32 Å². The summed E-state index contributed by atoms with van der Waals surface area (Å²) in [4.78, 5) is 10.7. The minimum Gasteiger partial charge on any atom is -0.316 e. The quantitative estimate of drug-likeness (QED) is 0.316. The van der Waals surface area contributed by atoms with Crippen molar-refractivity contribution in [3.63, 3.8) is 0 Å². The third-order valence-electron chi connectivity index (χ3n) is 0.904. The van der Waals surface area contributed by atoms with Crippen molar-refractivity contribution in [1.82, 2.24) is 5.32 Å². The van der Waals surface area contributed by atoms with Crippen LogP contribution in [0.4, 0.5) is 4.79 Å². The van der Waals surface area contributed by atoms with Crippen LogP contribution in [0.3, 0.4) is 0 Å².